The molecule has 1 aromatic rings. The lowest BCUT2D eigenvalue weighted by molar-refractivity contribution is -0.127. The van der Waals surface area contributed by atoms with Gasteiger partial charge in [0.25, 0.3) is 0 Å². The first-order valence-electron chi connectivity index (χ1n) is 5.90. The van der Waals surface area contributed by atoms with Gasteiger partial charge >= 0.3 is 0 Å². The highest BCUT2D eigenvalue weighted by Gasteiger charge is 2.37. The van der Waals surface area contributed by atoms with Crippen LogP contribution >= 0.6 is 12.2 Å². The molecule has 100 valence electrons. The topological polar surface area (TPSA) is 94.0 Å². The molecule has 0 fully saturated rings. The second-order valence-electron chi connectivity index (χ2n) is 4.01. The Bertz CT molecular complexity index is 401. The van der Waals surface area contributed by atoms with E-state index >= 15 is 0 Å². The van der Waals surface area contributed by atoms with E-state index in [1.165, 1.54) is 6.39 Å². The Morgan fingerprint density at radius 2 is 2.22 bits per heavy atom. The molecule has 6 nitrogen and oxygen atoms in total. The number of carbonyl (C=O) groups is 1. The fourth-order valence-electron chi connectivity index (χ4n) is 1.79. The molecule has 3 N–H and O–H groups in total. The minimum atomic E-state index is -0.757. The summed E-state index contributed by atoms with van der Waals surface area (Å²) >= 11 is 5.01. The van der Waals surface area contributed by atoms with Crippen molar-refractivity contribution in [2.75, 3.05) is 6.54 Å². The van der Waals surface area contributed by atoms with Gasteiger partial charge in [0.15, 0.2) is 5.82 Å². The van der Waals surface area contributed by atoms with Gasteiger partial charge in [0, 0.05) is 13.0 Å². The number of rotatable bonds is 7. The highest BCUT2D eigenvalue weighted by atomic mass is 32.1. The molecule has 0 atom stereocenters. The van der Waals surface area contributed by atoms with Gasteiger partial charge in [-0.25, -0.2) is 0 Å². The third-order valence-corrected chi connectivity index (χ3v) is 3.55. The second kappa shape index (κ2) is 6.44. The molecule has 0 bridgehead atoms. The molecule has 1 aromatic heterocycles. The van der Waals surface area contributed by atoms with E-state index < -0.39 is 5.41 Å². The zero-order valence-corrected chi connectivity index (χ0v) is 11.4. The van der Waals surface area contributed by atoms with Crippen LogP contribution in [0.4, 0.5) is 0 Å². The van der Waals surface area contributed by atoms with E-state index in [4.69, 9.17) is 18.0 Å². The lowest BCUT2D eigenvalue weighted by Crippen LogP contribution is -2.48. The molecule has 0 radical (unpaired) electrons. The summed E-state index contributed by atoms with van der Waals surface area (Å²) < 4.78 is 4.61. The zero-order chi connectivity index (χ0) is 13.6. The van der Waals surface area contributed by atoms with Crippen molar-refractivity contribution in [3.05, 3.63) is 12.2 Å². The molecule has 0 aromatic carbocycles. The molecule has 0 saturated carbocycles. The second-order valence-corrected chi connectivity index (χ2v) is 4.45. The maximum absolute atomic E-state index is 12.2. The maximum Gasteiger partial charge on any atom is 0.233 e. The number of thiocarbonyl (C=S) groups is 1. The van der Waals surface area contributed by atoms with Gasteiger partial charge in [0.1, 0.15) is 0 Å². The first-order valence-corrected chi connectivity index (χ1v) is 6.31. The third kappa shape index (κ3) is 3.04. The molecule has 0 aliphatic carbocycles. The number of hydrogen-bond acceptors (Lipinski definition) is 5. The Morgan fingerprint density at radius 1 is 1.56 bits per heavy atom. The average Bonchev–Trinajstić information content (AvgIpc) is 2.84. The van der Waals surface area contributed by atoms with Crippen LogP contribution in [0.2, 0.25) is 0 Å². The van der Waals surface area contributed by atoms with Gasteiger partial charge in [0.05, 0.1) is 10.4 Å². The predicted molar refractivity (Wildman–Crippen MR) is 70.8 cm³/mol. The van der Waals surface area contributed by atoms with E-state index in [2.05, 4.69) is 20.0 Å². The summed E-state index contributed by atoms with van der Waals surface area (Å²) in [6.07, 6.45) is 2.96. The van der Waals surface area contributed by atoms with Gasteiger partial charge in [-0.1, -0.05) is 31.2 Å². The lowest BCUT2D eigenvalue weighted by atomic mass is 9.81. The van der Waals surface area contributed by atoms with Gasteiger partial charge in [-0.2, -0.15) is 4.98 Å². The highest BCUT2D eigenvalue weighted by Crippen LogP contribution is 2.27. The molecular formula is C11H18N4O2S. The van der Waals surface area contributed by atoms with Crippen LogP contribution in [0.15, 0.2) is 10.9 Å². The first-order chi connectivity index (χ1) is 8.56. The SMILES string of the molecule is CCC(CC)(C(=O)NCCc1ncon1)C(N)=S. The Morgan fingerprint density at radius 3 is 2.67 bits per heavy atom. The molecule has 7 heteroatoms. The molecule has 0 saturated heterocycles. The molecule has 18 heavy (non-hydrogen) atoms. The van der Waals surface area contributed by atoms with Crippen LogP contribution in [0.3, 0.4) is 0 Å². The summed E-state index contributed by atoms with van der Waals surface area (Å²) in [6.45, 7) is 4.24. The summed E-state index contributed by atoms with van der Waals surface area (Å²) in [6, 6.07) is 0. The van der Waals surface area contributed by atoms with Crippen molar-refractivity contribution in [3.8, 4) is 0 Å². The van der Waals surface area contributed by atoms with E-state index in [0.717, 1.165) is 0 Å². The average molecular weight is 270 g/mol. The van der Waals surface area contributed by atoms with Crippen LogP contribution in [0, 0.1) is 5.41 Å². The van der Waals surface area contributed by atoms with Crippen LogP contribution in [0.5, 0.6) is 0 Å². The van der Waals surface area contributed by atoms with Gasteiger partial charge in [-0.05, 0) is 12.8 Å². The van der Waals surface area contributed by atoms with E-state index in [-0.39, 0.29) is 10.9 Å². The normalized spacial score (nSPS) is 11.2. The summed E-state index contributed by atoms with van der Waals surface area (Å²) in [7, 11) is 0. The number of nitrogens with zero attached hydrogens (tertiary/aromatic N) is 2. The molecule has 1 heterocycles. The molecule has 0 aliphatic heterocycles. The number of nitrogens with one attached hydrogen (secondary N) is 1. The van der Waals surface area contributed by atoms with E-state index in [1.807, 2.05) is 13.8 Å². The van der Waals surface area contributed by atoms with Gasteiger partial charge in [-0.3, -0.25) is 4.79 Å². The van der Waals surface area contributed by atoms with Crippen LogP contribution in [0.25, 0.3) is 0 Å². The molecule has 0 spiro atoms. The molecule has 1 rings (SSSR count). The van der Waals surface area contributed by atoms with Gasteiger partial charge < -0.3 is 15.6 Å². The summed E-state index contributed by atoms with van der Waals surface area (Å²) in [5, 5.41) is 6.48. The predicted octanol–water partition coefficient (Wildman–Crippen LogP) is 0.821. The standard InChI is InChI=1S/C11H18N4O2S/c1-3-11(4-2,9(12)18)10(16)13-6-5-8-14-7-17-15-8/h7H,3-6H2,1-2H3,(H2,12,18)(H,13,16). The Hall–Kier alpha value is -1.50. The quantitative estimate of drug-likeness (QED) is 0.712. The number of amides is 1. The minimum absolute atomic E-state index is 0.136. The Balaban J connectivity index is 2.55. The van der Waals surface area contributed by atoms with Crippen molar-refractivity contribution in [2.45, 2.75) is 33.1 Å². The van der Waals surface area contributed by atoms with Crippen molar-refractivity contribution < 1.29 is 9.32 Å². The van der Waals surface area contributed by atoms with Crippen molar-refractivity contribution in [1.29, 1.82) is 0 Å². The smallest absolute Gasteiger partial charge is 0.233 e. The van der Waals surface area contributed by atoms with Crippen LogP contribution in [-0.4, -0.2) is 27.6 Å². The van der Waals surface area contributed by atoms with Crippen molar-refractivity contribution in [3.63, 3.8) is 0 Å². The van der Waals surface area contributed by atoms with E-state index in [1.54, 1.807) is 0 Å². The number of carbonyl (C=O) groups excluding carboxylic acids is 1. The summed E-state index contributed by atoms with van der Waals surface area (Å²) in [4.78, 5) is 16.3. The molecule has 1 amide bonds. The molecule has 0 unspecified atom stereocenters. The number of aromatic nitrogens is 2. The van der Waals surface area contributed by atoms with Gasteiger partial charge in [0.2, 0.25) is 12.3 Å². The lowest BCUT2D eigenvalue weighted by Gasteiger charge is -2.28. The fourth-order valence-corrected chi connectivity index (χ4v) is 2.17. The Kier molecular flexibility index (Phi) is 5.21. The highest BCUT2D eigenvalue weighted by molar-refractivity contribution is 7.80. The van der Waals surface area contributed by atoms with E-state index in [9.17, 15) is 4.79 Å². The number of nitrogens with two attached hydrogens (primary N) is 1. The molecular weight excluding hydrogens is 252 g/mol. The third-order valence-electron chi connectivity index (χ3n) is 3.15. The maximum atomic E-state index is 12.2. The van der Waals surface area contributed by atoms with Gasteiger partial charge in [-0.15, -0.1) is 0 Å². The first kappa shape index (κ1) is 14.6. The Labute approximate surface area is 111 Å². The minimum Gasteiger partial charge on any atom is -0.392 e. The van der Waals surface area contributed by atoms with Crippen LogP contribution in [-0.2, 0) is 11.2 Å². The number of hydrogen-bond donors (Lipinski definition) is 2. The zero-order valence-electron chi connectivity index (χ0n) is 10.6. The largest absolute Gasteiger partial charge is 0.392 e. The summed E-state index contributed by atoms with van der Waals surface area (Å²) in [5.74, 6) is 0.424. The van der Waals surface area contributed by atoms with Crippen LogP contribution in [0.1, 0.15) is 32.5 Å². The van der Waals surface area contributed by atoms with Crippen molar-refractivity contribution in [1.82, 2.24) is 15.5 Å². The monoisotopic (exact) mass is 270 g/mol. The van der Waals surface area contributed by atoms with Crippen molar-refractivity contribution in [2.24, 2.45) is 11.1 Å². The molecule has 0 aliphatic rings. The van der Waals surface area contributed by atoms with Crippen LogP contribution < -0.4 is 11.1 Å². The van der Waals surface area contributed by atoms with Crippen molar-refractivity contribution >= 4 is 23.1 Å². The van der Waals surface area contributed by atoms with E-state index in [0.29, 0.717) is 31.6 Å². The fraction of sp³-hybridized carbons (Fsp3) is 0.636. The summed E-state index contributed by atoms with van der Waals surface area (Å²) in [5.41, 5.74) is 4.93.